The van der Waals surface area contributed by atoms with Gasteiger partial charge in [-0.05, 0) is 32.8 Å². The number of anilines is 3. The Hall–Kier alpha value is -2.95. The number of aromatic nitrogens is 5. The van der Waals surface area contributed by atoms with Crippen LogP contribution >= 0.6 is 0 Å². The zero-order chi connectivity index (χ0) is 21.3. The summed E-state index contributed by atoms with van der Waals surface area (Å²) < 4.78 is 43.3. The molecule has 4 heterocycles. The SMILES string of the molecule is CC(C)n1cnc2cnc(Nc3ccnc(N4CCC(OC(F)(F)F)CC4)n3)cc21. The van der Waals surface area contributed by atoms with Gasteiger partial charge in [0.15, 0.2) is 0 Å². The Labute approximate surface area is 171 Å². The minimum atomic E-state index is -4.60. The quantitative estimate of drug-likeness (QED) is 0.666. The Kier molecular flexibility index (Phi) is 5.46. The molecule has 1 saturated heterocycles. The number of fused-ring (bicyclic) bond motifs is 1. The van der Waals surface area contributed by atoms with Crippen molar-refractivity contribution in [3.8, 4) is 0 Å². The van der Waals surface area contributed by atoms with Gasteiger partial charge in [-0.3, -0.25) is 4.74 Å². The van der Waals surface area contributed by atoms with Gasteiger partial charge in [0, 0.05) is 31.4 Å². The number of imidazole rings is 1. The van der Waals surface area contributed by atoms with E-state index in [1.807, 2.05) is 11.0 Å². The van der Waals surface area contributed by atoms with Gasteiger partial charge in [0.05, 0.1) is 24.1 Å². The molecule has 3 aromatic rings. The first-order chi connectivity index (χ1) is 14.3. The maximum atomic E-state index is 12.4. The van der Waals surface area contributed by atoms with Crippen molar-refractivity contribution in [2.45, 2.75) is 45.2 Å². The van der Waals surface area contributed by atoms with Crippen molar-refractivity contribution < 1.29 is 17.9 Å². The van der Waals surface area contributed by atoms with Crippen LogP contribution < -0.4 is 10.2 Å². The zero-order valence-corrected chi connectivity index (χ0v) is 16.6. The van der Waals surface area contributed by atoms with E-state index in [1.165, 1.54) is 0 Å². The third-order valence-electron chi connectivity index (χ3n) is 4.94. The summed E-state index contributed by atoms with van der Waals surface area (Å²) in [5.74, 6) is 1.63. The van der Waals surface area contributed by atoms with Gasteiger partial charge in [-0.25, -0.2) is 15.0 Å². The molecule has 160 valence electrons. The van der Waals surface area contributed by atoms with Crippen molar-refractivity contribution in [1.29, 1.82) is 0 Å². The first kappa shape index (κ1) is 20.3. The van der Waals surface area contributed by atoms with Crippen LogP contribution in [0.1, 0.15) is 32.7 Å². The topological polar surface area (TPSA) is 81.0 Å². The maximum absolute atomic E-state index is 12.4. The average molecular weight is 421 g/mol. The number of ether oxygens (including phenoxy) is 1. The molecular formula is C19H22F3N7O. The van der Waals surface area contributed by atoms with Crippen LogP contribution in [0.3, 0.4) is 0 Å². The lowest BCUT2D eigenvalue weighted by Crippen LogP contribution is -2.39. The molecule has 3 aromatic heterocycles. The van der Waals surface area contributed by atoms with Gasteiger partial charge in [0.1, 0.15) is 17.2 Å². The smallest absolute Gasteiger partial charge is 0.341 e. The molecule has 1 aliphatic heterocycles. The number of rotatable bonds is 5. The van der Waals surface area contributed by atoms with Crippen LogP contribution in [0.4, 0.5) is 30.8 Å². The summed E-state index contributed by atoms with van der Waals surface area (Å²) in [6.07, 6.45) is 0.186. The largest absolute Gasteiger partial charge is 0.522 e. The van der Waals surface area contributed by atoms with Crippen molar-refractivity contribution in [2.24, 2.45) is 0 Å². The summed E-state index contributed by atoms with van der Waals surface area (Å²) in [6, 6.07) is 3.89. The van der Waals surface area contributed by atoms with Crippen LogP contribution in [0.15, 0.2) is 30.9 Å². The lowest BCUT2D eigenvalue weighted by molar-refractivity contribution is -0.344. The van der Waals surface area contributed by atoms with Gasteiger partial charge >= 0.3 is 6.36 Å². The van der Waals surface area contributed by atoms with Crippen molar-refractivity contribution >= 4 is 28.6 Å². The summed E-state index contributed by atoms with van der Waals surface area (Å²) >= 11 is 0. The molecule has 0 spiro atoms. The van der Waals surface area contributed by atoms with E-state index >= 15 is 0 Å². The van der Waals surface area contributed by atoms with Gasteiger partial charge in [0.2, 0.25) is 5.95 Å². The molecule has 0 bridgehead atoms. The average Bonchev–Trinajstić information content (AvgIpc) is 3.11. The number of piperidine rings is 1. The van der Waals surface area contributed by atoms with Crippen LogP contribution in [-0.2, 0) is 4.74 Å². The number of pyridine rings is 1. The highest BCUT2D eigenvalue weighted by Crippen LogP contribution is 2.26. The fourth-order valence-electron chi connectivity index (χ4n) is 3.47. The van der Waals surface area contributed by atoms with E-state index in [0.29, 0.717) is 30.7 Å². The second-order valence-corrected chi connectivity index (χ2v) is 7.42. The first-order valence-electron chi connectivity index (χ1n) is 9.70. The molecule has 30 heavy (non-hydrogen) atoms. The lowest BCUT2D eigenvalue weighted by atomic mass is 10.1. The Balaban J connectivity index is 1.45. The zero-order valence-electron chi connectivity index (χ0n) is 16.6. The van der Waals surface area contributed by atoms with E-state index in [0.717, 1.165) is 11.0 Å². The Morgan fingerprint density at radius 3 is 2.60 bits per heavy atom. The molecule has 1 N–H and O–H groups in total. The van der Waals surface area contributed by atoms with Crippen molar-refractivity contribution in [2.75, 3.05) is 23.3 Å². The van der Waals surface area contributed by atoms with Crippen LogP contribution in [0, 0.1) is 0 Å². The summed E-state index contributed by atoms with van der Waals surface area (Å²) in [5, 5.41) is 3.17. The predicted molar refractivity (Wildman–Crippen MR) is 106 cm³/mol. The molecular weight excluding hydrogens is 399 g/mol. The molecule has 1 aliphatic rings. The summed E-state index contributed by atoms with van der Waals surface area (Å²) in [4.78, 5) is 19.3. The monoisotopic (exact) mass is 421 g/mol. The third kappa shape index (κ3) is 4.61. The second kappa shape index (κ2) is 8.05. The maximum Gasteiger partial charge on any atom is 0.522 e. The van der Waals surface area contributed by atoms with E-state index in [4.69, 9.17) is 0 Å². The normalized spacial score (nSPS) is 15.9. The predicted octanol–water partition coefficient (Wildman–Crippen LogP) is 4.05. The van der Waals surface area contributed by atoms with E-state index in [9.17, 15) is 13.2 Å². The number of hydrogen-bond acceptors (Lipinski definition) is 7. The molecule has 0 radical (unpaired) electrons. The van der Waals surface area contributed by atoms with Crippen LogP contribution in [0.25, 0.3) is 11.0 Å². The summed E-state index contributed by atoms with van der Waals surface area (Å²) in [5.41, 5.74) is 1.77. The number of halogens is 3. The molecule has 11 heteroatoms. The number of nitrogens with one attached hydrogen (secondary N) is 1. The van der Waals surface area contributed by atoms with Gasteiger partial charge in [-0.2, -0.15) is 4.98 Å². The fraction of sp³-hybridized carbons (Fsp3) is 0.474. The minimum absolute atomic E-state index is 0.262. The summed E-state index contributed by atoms with van der Waals surface area (Å²) in [6.45, 7) is 4.94. The van der Waals surface area contributed by atoms with E-state index < -0.39 is 12.5 Å². The molecule has 0 aliphatic carbocycles. The molecule has 0 unspecified atom stereocenters. The highest BCUT2D eigenvalue weighted by Gasteiger charge is 2.35. The minimum Gasteiger partial charge on any atom is -0.341 e. The molecule has 8 nitrogen and oxygen atoms in total. The van der Waals surface area contributed by atoms with Crippen LogP contribution in [-0.4, -0.2) is 50.1 Å². The highest BCUT2D eigenvalue weighted by atomic mass is 19.4. The van der Waals surface area contributed by atoms with Gasteiger partial charge in [-0.1, -0.05) is 0 Å². The number of hydrogen-bond donors (Lipinski definition) is 1. The molecule has 0 saturated carbocycles. The number of alkyl halides is 3. The Bertz CT molecular complexity index is 1010. The lowest BCUT2D eigenvalue weighted by Gasteiger charge is -2.32. The van der Waals surface area contributed by atoms with Gasteiger partial charge < -0.3 is 14.8 Å². The first-order valence-corrected chi connectivity index (χ1v) is 9.70. The van der Waals surface area contributed by atoms with Crippen LogP contribution in [0.5, 0.6) is 0 Å². The van der Waals surface area contributed by atoms with Crippen molar-refractivity contribution in [3.05, 3.63) is 30.9 Å². The second-order valence-electron chi connectivity index (χ2n) is 7.42. The number of nitrogens with zero attached hydrogens (tertiary/aromatic N) is 6. The standard InChI is InChI=1S/C19H22F3N7O/c1-12(2)29-11-25-14-10-24-17(9-15(14)29)26-16-3-6-23-18(27-16)28-7-4-13(5-8-28)30-19(20,21)22/h3,6,9-13H,4-5,7-8H2,1-2H3,(H,23,24,26,27). The molecule has 4 rings (SSSR count). The van der Waals surface area contributed by atoms with E-state index in [1.54, 1.807) is 24.8 Å². The van der Waals surface area contributed by atoms with Gasteiger partial charge in [0.25, 0.3) is 0 Å². The van der Waals surface area contributed by atoms with Crippen molar-refractivity contribution in [3.63, 3.8) is 0 Å². The van der Waals surface area contributed by atoms with E-state index in [2.05, 4.69) is 48.4 Å². The molecule has 0 amide bonds. The summed E-state index contributed by atoms with van der Waals surface area (Å²) in [7, 11) is 0. The molecule has 1 fully saturated rings. The van der Waals surface area contributed by atoms with Crippen LogP contribution in [0.2, 0.25) is 0 Å². The highest BCUT2D eigenvalue weighted by molar-refractivity contribution is 5.78. The van der Waals surface area contributed by atoms with Gasteiger partial charge in [-0.15, -0.1) is 13.2 Å². The molecule has 0 aromatic carbocycles. The van der Waals surface area contributed by atoms with Crippen molar-refractivity contribution in [1.82, 2.24) is 24.5 Å². The molecule has 0 atom stereocenters. The van der Waals surface area contributed by atoms with E-state index in [-0.39, 0.29) is 18.9 Å². The Morgan fingerprint density at radius 2 is 1.90 bits per heavy atom. The Morgan fingerprint density at radius 1 is 1.13 bits per heavy atom. The fourth-order valence-corrected chi connectivity index (χ4v) is 3.47. The third-order valence-corrected chi connectivity index (χ3v) is 4.94.